The molecule has 1 aliphatic rings. The molecular formula is C22H27NO6S. The number of esters is 1. The van der Waals surface area contributed by atoms with Gasteiger partial charge in [0.1, 0.15) is 18.0 Å². The van der Waals surface area contributed by atoms with E-state index in [1.54, 1.807) is 37.3 Å². The molecule has 0 N–H and O–H groups in total. The van der Waals surface area contributed by atoms with E-state index in [1.807, 2.05) is 0 Å². The van der Waals surface area contributed by atoms with Crippen molar-refractivity contribution in [2.45, 2.75) is 43.6 Å². The first-order valence-corrected chi connectivity index (χ1v) is 11.3. The Hall–Kier alpha value is -2.74. The van der Waals surface area contributed by atoms with Gasteiger partial charge < -0.3 is 14.2 Å². The molecule has 1 saturated carbocycles. The molecule has 1 fully saturated rings. The van der Waals surface area contributed by atoms with E-state index in [-0.39, 0.29) is 11.0 Å². The molecule has 162 valence electrons. The Balaban J connectivity index is 1.91. The third-order valence-electron chi connectivity index (χ3n) is 5.18. The summed E-state index contributed by atoms with van der Waals surface area (Å²) in [6, 6.07) is 11.3. The van der Waals surface area contributed by atoms with Crippen molar-refractivity contribution in [1.82, 2.24) is 0 Å². The number of aryl methyl sites for hydroxylation is 1. The Labute approximate surface area is 177 Å². The summed E-state index contributed by atoms with van der Waals surface area (Å²) in [7, 11) is -1.26. The molecule has 0 unspecified atom stereocenters. The molecule has 0 saturated heterocycles. The standard InChI is InChI=1S/C22H27NO6S/c1-16-14-20(12-13-21(16)27-2)30(25,26)23(15-22(24)28-3)17-8-10-19(11-9-17)29-18-6-4-5-7-18/h8-14,18H,4-7,15H2,1-3H3. The highest BCUT2D eigenvalue weighted by Crippen LogP contribution is 2.30. The fourth-order valence-corrected chi connectivity index (χ4v) is 5.02. The van der Waals surface area contributed by atoms with Crippen molar-refractivity contribution in [2.75, 3.05) is 25.1 Å². The third kappa shape index (κ3) is 4.87. The van der Waals surface area contributed by atoms with E-state index in [0.29, 0.717) is 22.7 Å². The number of sulfonamides is 1. The first-order valence-electron chi connectivity index (χ1n) is 9.86. The summed E-state index contributed by atoms with van der Waals surface area (Å²) in [4.78, 5) is 12.0. The van der Waals surface area contributed by atoms with Crippen LogP contribution >= 0.6 is 0 Å². The molecule has 3 rings (SSSR count). The summed E-state index contributed by atoms with van der Waals surface area (Å²) in [5, 5.41) is 0. The summed E-state index contributed by atoms with van der Waals surface area (Å²) in [5.41, 5.74) is 1.03. The van der Waals surface area contributed by atoms with E-state index in [0.717, 1.165) is 30.0 Å². The third-order valence-corrected chi connectivity index (χ3v) is 6.95. The van der Waals surface area contributed by atoms with Crippen LogP contribution in [0.5, 0.6) is 11.5 Å². The van der Waals surface area contributed by atoms with Gasteiger partial charge in [0.15, 0.2) is 0 Å². The molecule has 0 atom stereocenters. The van der Waals surface area contributed by atoms with Gasteiger partial charge >= 0.3 is 5.97 Å². The van der Waals surface area contributed by atoms with Crippen LogP contribution in [0.3, 0.4) is 0 Å². The summed E-state index contributed by atoms with van der Waals surface area (Å²) < 4.78 is 43.6. The predicted molar refractivity (Wildman–Crippen MR) is 114 cm³/mol. The molecule has 2 aromatic carbocycles. The molecule has 8 heteroatoms. The van der Waals surface area contributed by atoms with Crippen LogP contribution in [0.1, 0.15) is 31.2 Å². The van der Waals surface area contributed by atoms with Gasteiger partial charge in [-0.1, -0.05) is 0 Å². The highest BCUT2D eigenvalue weighted by molar-refractivity contribution is 7.92. The summed E-state index contributed by atoms with van der Waals surface area (Å²) in [5.74, 6) is 0.610. The van der Waals surface area contributed by atoms with Gasteiger partial charge in [-0.25, -0.2) is 8.42 Å². The summed E-state index contributed by atoms with van der Waals surface area (Å²) in [6.45, 7) is 1.32. The fraction of sp³-hybridized carbons (Fsp3) is 0.409. The van der Waals surface area contributed by atoms with Crippen molar-refractivity contribution in [1.29, 1.82) is 0 Å². The number of hydrogen-bond donors (Lipinski definition) is 0. The van der Waals surface area contributed by atoms with Gasteiger partial charge in [-0.05, 0) is 80.6 Å². The van der Waals surface area contributed by atoms with Gasteiger partial charge in [0.2, 0.25) is 0 Å². The first-order chi connectivity index (χ1) is 14.3. The van der Waals surface area contributed by atoms with Crippen molar-refractivity contribution in [3.05, 3.63) is 48.0 Å². The van der Waals surface area contributed by atoms with Crippen LogP contribution in [0.25, 0.3) is 0 Å². The van der Waals surface area contributed by atoms with E-state index in [9.17, 15) is 13.2 Å². The highest BCUT2D eigenvalue weighted by Gasteiger charge is 2.28. The van der Waals surface area contributed by atoms with Gasteiger partial charge in [0.25, 0.3) is 10.0 Å². The monoisotopic (exact) mass is 433 g/mol. The van der Waals surface area contributed by atoms with Crippen LogP contribution in [0.2, 0.25) is 0 Å². The maximum Gasteiger partial charge on any atom is 0.326 e. The number of ether oxygens (including phenoxy) is 3. The highest BCUT2D eigenvalue weighted by atomic mass is 32.2. The lowest BCUT2D eigenvalue weighted by Gasteiger charge is -2.24. The predicted octanol–water partition coefficient (Wildman–Crippen LogP) is 3.69. The average Bonchev–Trinajstić information content (AvgIpc) is 3.25. The number of anilines is 1. The van der Waals surface area contributed by atoms with Crippen LogP contribution in [0, 0.1) is 6.92 Å². The van der Waals surface area contributed by atoms with E-state index >= 15 is 0 Å². The van der Waals surface area contributed by atoms with Gasteiger partial charge in [0.05, 0.1) is 30.9 Å². The lowest BCUT2D eigenvalue weighted by atomic mass is 10.2. The van der Waals surface area contributed by atoms with Crippen molar-refractivity contribution >= 4 is 21.7 Å². The lowest BCUT2D eigenvalue weighted by molar-refractivity contribution is -0.138. The number of nitrogens with zero attached hydrogens (tertiary/aromatic N) is 1. The minimum atomic E-state index is -4.01. The minimum absolute atomic E-state index is 0.0657. The normalized spacial score (nSPS) is 14.4. The van der Waals surface area contributed by atoms with Crippen molar-refractivity contribution in [2.24, 2.45) is 0 Å². The van der Waals surface area contributed by atoms with Crippen molar-refractivity contribution < 1.29 is 27.4 Å². The van der Waals surface area contributed by atoms with E-state index in [4.69, 9.17) is 14.2 Å². The van der Waals surface area contributed by atoms with Crippen LogP contribution in [0.15, 0.2) is 47.4 Å². The second-order valence-electron chi connectivity index (χ2n) is 7.24. The number of hydrogen-bond acceptors (Lipinski definition) is 6. The van der Waals surface area contributed by atoms with E-state index in [1.165, 1.54) is 26.4 Å². The molecular weight excluding hydrogens is 406 g/mol. The fourth-order valence-electron chi connectivity index (χ4n) is 3.53. The number of rotatable bonds is 8. The van der Waals surface area contributed by atoms with Crippen molar-refractivity contribution in [3.8, 4) is 11.5 Å². The molecule has 2 aromatic rings. The summed E-state index contributed by atoms with van der Waals surface area (Å²) >= 11 is 0. The smallest absolute Gasteiger partial charge is 0.326 e. The van der Waals surface area contributed by atoms with E-state index in [2.05, 4.69) is 0 Å². The average molecular weight is 434 g/mol. The number of benzene rings is 2. The SMILES string of the molecule is COC(=O)CN(c1ccc(OC2CCCC2)cc1)S(=O)(=O)c1ccc(OC)c(C)c1. The second kappa shape index (κ2) is 9.38. The Morgan fingerprint density at radius 2 is 1.73 bits per heavy atom. The lowest BCUT2D eigenvalue weighted by Crippen LogP contribution is -2.36. The molecule has 0 spiro atoms. The van der Waals surface area contributed by atoms with Crippen LogP contribution in [-0.4, -0.2) is 41.3 Å². The maximum atomic E-state index is 13.3. The van der Waals surface area contributed by atoms with Gasteiger partial charge in [0, 0.05) is 0 Å². The van der Waals surface area contributed by atoms with Crippen LogP contribution in [0.4, 0.5) is 5.69 Å². The molecule has 0 radical (unpaired) electrons. The first kappa shape index (κ1) is 22.0. The van der Waals surface area contributed by atoms with E-state index < -0.39 is 22.5 Å². The van der Waals surface area contributed by atoms with Crippen LogP contribution < -0.4 is 13.8 Å². The molecule has 30 heavy (non-hydrogen) atoms. The minimum Gasteiger partial charge on any atom is -0.496 e. The Kier molecular flexibility index (Phi) is 6.87. The Morgan fingerprint density at radius 3 is 2.30 bits per heavy atom. The maximum absolute atomic E-state index is 13.3. The molecule has 1 aliphatic carbocycles. The summed E-state index contributed by atoms with van der Waals surface area (Å²) in [6.07, 6.45) is 4.58. The van der Waals surface area contributed by atoms with Crippen molar-refractivity contribution in [3.63, 3.8) is 0 Å². The zero-order chi connectivity index (χ0) is 21.7. The number of carbonyl (C=O) groups excluding carboxylic acids is 1. The largest absolute Gasteiger partial charge is 0.496 e. The molecule has 0 aliphatic heterocycles. The van der Waals surface area contributed by atoms with Crippen LogP contribution in [-0.2, 0) is 19.6 Å². The zero-order valence-corrected chi connectivity index (χ0v) is 18.3. The Morgan fingerprint density at radius 1 is 1.07 bits per heavy atom. The van der Waals surface area contributed by atoms with Gasteiger partial charge in [-0.15, -0.1) is 0 Å². The molecule has 0 heterocycles. The van der Waals surface area contributed by atoms with Gasteiger partial charge in [-0.3, -0.25) is 9.10 Å². The number of carbonyl (C=O) groups is 1. The zero-order valence-electron chi connectivity index (χ0n) is 17.5. The topological polar surface area (TPSA) is 82.1 Å². The molecule has 0 aromatic heterocycles. The number of methoxy groups -OCH3 is 2. The molecule has 0 amide bonds. The quantitative estimate of drug-likeness (QED) is 0.591. The van der Waals surface area contributed by atoms with Gasteiger partial charge in [-0.2, -0.15) is 0 Å². The Bertz CT molecular complexity index is 981. The second-order valence-corrected chi connectivity index (χ2v) is 9.10. The molecule has 0 bridgehead atoms. The molecule has 7 nitrogen and oxygen atoms in total.